The average Bonchev–Trinajstić information content (AvgIpc) is 3.25. The van der Waals surface area contributed by atoms with Gasteiger partial charge in [0.1, 0.15) is 11.5 Å². The minimum atomic E-state index is -3.54. The number of nitrogens with zero attached hydrogens (tertiary/aromatic N) is 2. The van der Waals surface area contributed by atoms with Crippen molar-refractivity contribution in [3.8, 4) is 11.3 Å². The van der Waals surface area contributed by atoms with Crippen molar-refractivity contribution in [3.63, 3.8) is 0 Å². The van der Waals surface area contributed by atoms with Crippen LogP contribution in [-0.4, -0.2) is 48.0 Å². The summed E-state index contributed by atoms with van der Waals surface area (Å²) in [6, 6.07) is 14.1. The topological polar surface area (TPSA) is 95.2 Å². The lowest BCUT2D eigenvalue weighted by Gasteiger charge is -2.31. The number of carbonyl (C=O) groups is 1. The van der Waals surface area contributed by atoms with Crippen LogP contribution in [0.25, 0.3) is 11.3 Å². The number of hydrogen-bond acceptors (Lipinski definition) is 4. The Balaban J connectivity index is 1.35. The van der Waals surface area contributed by atoms with Crippen LogP contribution < -0.4 is 5.32 Å². The molecule has 2 N–H and O–H groups in total. The van der Waals surface area contributed by atoms with E-state index in [0.717, 1.165) is 5.56 Å². The maximum atomic E-state index is 13.1. The first-order valence-corrected chi connectivity index (χ1v) is 11.5. The summed E-state index contributed by atoms with van der Waals surface area (Å²) >= 11 is 0. The summed E-state index contributed by atoms with van der Waals surface area (Å²) in [5.41, 5.74) is 2.55. The molecule has 162 valence electrons. The molecule has 1 aliphatic heterocycles. The number of aryl methyl sites for hydroxylation is 1. The Kier molecular flexibility index (Phi) is 5.88. The van der Waals surface area contributed by atoms with E-state index in [1.165, 1.54) is 16.4 Å². The van der Waals surface area contributed by atoms with E-state index in [2.05, 4.69) is 15.5 Å². The molecule has 7 nitrogen and oxygen atoms in total. The van der Waals surface area contributed by atoms with Crippen LogP contribution in [0.2, 0.25) is 0 Å². The molecular formula is C22H23FN4O3S. The van der Waals surface area contributed by atoms with Gasteiger partial charge in [-0.1, -0.05) is 17.7 Å². The highest BCUT2D eigenvalue weighted by Gasteiger charge is 2.30. The fourth-order valence-electron chi connectivity index (χ4n) is 3.57. The number of hydrogen-bond donors (Lipinski definition) is 2. The van der Waals surface area contributed by atoms with Gasteiger partial charge in [-0.05, 0) is 62.2 Å². The maximum Gasteiger partial charge on any atom is 0.269 e. The summed E-state index contributed by atoms with van der Waals surface area (Å²) < 4.78 is 40.2. The third kappa shape index (κ3) is 4.67. The SMILES string of the molecule is Cc1ccc(S(=O)(=O)N2CCC(NC(=O)c3cc(-c4ccc(F)cc4)n[nH]3)CC2)cc1. The number of sulfonamides is 1. The molecule has 1 aliphatic rings. The molecule has 0 unspecified atom stereocenters. The van der Waals surface area contributed by atoms with Crippen molar-refractivity contribution in [3.05, 3.63) is 71.7 Å². The molecule has 0 aliphatic carbocycles. The Hall–Kier alpha value is -3.04. The van der Waals surface area contributed by atoms with E-state index in [9.17, 15) is 17.6 Å². The van der Waals surface area contributed by atoms with Crippen molar-refractivity contribution in [2.45, 2.75) is 30.7 Å². The lowest BCUT2D eigenvalue weighted by molar-refractivity contribution is 0.0918. The zero-order valence-corrected chi connectivity index (χ0v) is 17.8. The van der Waals surface area contributed by atoms with Gasteiger partial charge in [-0.15, -0.1) is 0 Å². The predicted molar refractivity (Wildman–Crippen MR) is 114 cm³/mol. The highest BCUT2D eigenvalue weighted by molar-refractivity contribution is 7.89. The second-order valence-electron chi connectivity index (χ2n) is 7.64. The Morgan fingerprint density at radius 1 is 1.10 bits per heavy atom. The third-order valence-corrected chi connectivity index (χ3v) is 7.32. The van der Waals surface area contributed by atoms with Gasteiger partial charge in [0.2, 0.25) is 10.0 Å². The summed E-state index contributed by atoms with van der Waals surface area (Å²) in [6.07, 6.45) is 1.05. The van der Waals surface area contributed by atoms with E-state index in [-0.39, 0.29) is 22.7 Å². The largest absolute Gasteiger partial charge is 0.348 e. The normalized spacial score (nSPS) is 15.7. The summed E-state index contributed by atoms with van der Waals surface area (Å²) in [5, 5.41) is 9.76. The van der Waals surface area contributed by atoms with Gasteiger partial charge in [-0.25, -0.2) is 12.8 Å². The summed E-state index contributed by atoms with van der Waals surface area (Å²) in [6.45, 7) is 2.59. The molecule has 9 heteroatoms. The molecule has 0 atom stereocenters. The molecule has 2 aromatic carbocycles. The fourth-order valence-corrected chi connectivity index (χ4v) is 5.04. The maximum absolute atomic E-state index is 13.1. The standard InChI is InChI=1S/C22H23FN4O3S/c1-15-2-8-19(9-3-15)31(29,30)27-12-10-18(11-13-27)24-22(28)21-14-20(25-26-21)16-4-6-17(23)7-5-16/h2-9,14,18H,10-13H2,1H3,(H,24,28)(H,25,26). The van der Waals surface area contributed by atoms with Crippen molar-refractivity contribution in [1.82, 2.24) is 19.8 Å². The van der Waals surface area contributed by atoms with Crippen molar-refractivity contribution < 1.29 is 17.6 Å². The van der Waals surface area contributed by atoms with Crippen molar-refractivity contribution in [1.29, 1.82) is 0 Å². The van der Waals surface area contributed by atoms with Gasteiger partial charge in [0.25, 0.3) is 5.91 Å². The number of rotatable bonds is 5. The highest BCUT2D eigenvalue weighted by Crippen LogP contribution is 2.22. The monoisotopic (exact) mass is 442 g/mol. The fraction of sp³-hybridized carbons (Fsp3) is 0.273. The van der Waals surface area contributed by atoms with Gasteiger partial charge in [0.15, 0.2) is 0 Å². The van der Waals surface area contributed by atoms with Gasteiger partial charge in [0, 0.05) is 24.7 Å². The van der Waals surface area contributed by atoms with Gasteiger partial charge in [-0.2, -0.15) is 9.40 Å². The first-order chi connectivity index (χ1) is 14.8. The number of carbonyl (C=O) groups excluding carboxylic acids is 1. The number of nitrogens with one attached hydrogen (secondary N) is 2. The lowest BCUT2D eigenvalue weighted by atomic mass is 10.1. The van der Waals surface area contributed by atoms with E-state index >= 15 is 0 Å². The highest BCUT2D eigenvalue weighted by atomic mass is 32.2. The molecular weight excluding hydrogens is 419 g/mol. The Morgan fingerprint density at radius 3 is 2.39 bits per heavy atom. The van der Waals surface area contributed by atoms with E-state index in [1.54, 1.807) is 42.5 Å². The number of halogens is 1. The molecule has 31 heavy (non-hydrogen) atoms. The molecule has 1 saturated heterocycles. The van der Waals surface area contributed by atoms with Crippen LogP contribution in [0.5, 0.6) is 0 Å². The Morgan fingerprint density at radius 2 is 1.74 bits per heavy atom. The van der Waals surface area contributed by atoms with Crippen LogP contribution in [0.1, 0.15) is 28.9 Å². The molecule has 1 amide bonds. The van der Waals surface area contributed by atoms with Crippen LogP contribution in [0.15, 0.2) is 59.5 Å². The van der Waals surface area contributed by atoms with Gasteiger partial charge >= 0.3 is 0 Å². The molecule has 0 bridgehead atoms. The van der Waals surface area contributed by atoms with Crippen LogP contribution in [0.3, 0.4) is 0 Å². The van der Waals surface area contributed by atoms with Crippen LogP contribution in [0.4, 0.5) is 4.39 Å². The molecule has 0 saturated carbocycles. The number of aromatic nitrogens is 2. The van der Waals surface area contributed by atoms with E-state index in [1.807, 2.05) is 6.92 Å². The predicted octanol–water partition coefficient (Wildman–Crippen LogP) is 3.11. The minimum absolute atomic E-state index is 0.130. The number of benzene rings is 2. The summed E-state index contributed by atoms with van der Waals surface area (Å²) in [5.74, 6) is -0.645. The first-order valence-electron chi connectivity index (χ1n) is 10.0. The van der Waals surface area contributed by atoms with Crippen LogP contribution in [-0.2, 0) is 10.0 Å². The first kappa shape index (κ1) is 21.2. The van der Waals surface area contributed by atoms with E-state index < -0.39 is 10.0 Å². The molecule has 1 aromatic heterocycles. The quantitative estimate of drug-likeness (QED) is 0.635. The lowest BCUT2D eigenvalue weighted by Crippen LogP contribution is -2.46. The Bertz CT molecular complexity index is 1170. The van der Waals surface area contributed by atoms with E-state index in [0.29, 0.717) is 42.9 Å². The van der Waals surface area contributed by atoms with Gasteiger partial charge in [0.05, 0.1) is 10.6 Å². The summed E-state index contributed by atoms with van der Waals surface area (Å²) in [4.78, 5) is 12.9. The zero-order chi connectivity index (χ0) is 22.0. The number of amides is 1. The van der Waals surface area contributed by atoms with Crippen molar-refractivity contribution >= 4 is 15.9 Å². The van der Waals surface area contributed by atoms with E-state index in [4.69, 9.17) is 0 Å². The van der Waals surface area contributed by atoms with Crippen LogP contribution in [0, 0.1) is 12.7 Å². The number of H-pyrrole nitrogens is 1. The molecule has 2 heterocycles. The second kappa shape index (κ2) is 8.60. The zero-order valence-electron chi connectivity index (χ0n) is 17.0. The molecule has 3 aromatic rings. The van der Waals surface area contributed by atoms with Gasteiger partial charge in [-0.3, -0.25) is 9.89 Å². The second-order valence-corrected chi connectivity index (χ2v) is 9.58. The van der Waals surface area contributed by atoms with Crippen molar-refractivity contribution in [2.24, 2.45) is 0 Å². The smallest absolute Gasteiger partial charge is 0.269 e. The average molecular weight is 443 g/mol. The molecule has 4 rings (SSSR count). The van der Waals surface area contributed by atoms with Crippen molar-refractivity contribution in [2.75, 3.05) is 13.1 Å². The molecule has 1 fully saturated rings. The van der Waals surface area contributed by atoms with Gasteiger partial charge < -0.3 is 5.32 Å². The minimum Gasteiger partial charge on any atom is -0.348 e. The third-order valence-electron chi connectivity index (χ3n) is 5.41. The Labute approximate surface area is 180 Å². The number of aromatic amines is 1. The van der Waals surface area contributed by atoms with Crippen LogP contribution >= 0.6 is 0 Å². The molecule has 0 spiro atoms. The summed E-state index contributed by atoms with van der Waals surface area (Å²) in [7, 11) is -3.54. The molecule has 0 radical (unpaired) electrons. The number of piperidine rings is 1.